The number of carbonyl (C=O) groups is 1. The van der Waals surface area contributed by atoms with E-state index in [1.165, 1.54) is 28.9 Å². The van der Waals surface area contributed by atoms with Crippen LogP contribution in [0.3, 0.4) is 0 Å². The number of H-pyrrole nitrogens is 1. The number of carbonyl (C=O) groups excluding carboxylic acids is 1. The zero-order valence-electron chi connectivity index (χ0n) is 24.1. The molecule has 220 valence electrons. The van der Waals surface area contributed by atoms with Gasteiger partial charge in [-0.3, -0.25) is 14.7 Å². The van der Waals surface area contributed by atoms with Crippen molar-refractivity contribution in [2.75, 3.05) is 26.9 Å². The molecule has 3 aromatic carbocycles. The number of methoxy groups -OCH3 is 1. The van der Waals surface area contributed by atoms with E-state index in [1.807, 2.05) is 20.8 Å². The number of aromatic amines is 1. The van der Waals surface area contributed by atoms with Gasteiger partial charge < -0.3 is 18.9 Å². The van der Waals surface area contributed by atoms with Crippen molar-refractivity contribution in [2.45, 2.75) is 27.7 Å². The minimum absolute atomic E-state index is 0.224. The highest BCUT2D eigenvalue weighted by Crippen LogP contribution is 2.39. The van der Waals surface area contributed by atoms with Crippen LogP contribution in [0.4, 0.5) is 4.39 Å². The van der Waals surface area contributed by atoms with Crippen molar-refractivity contribution in [1.29, 1.82) is 0 Å². The first-order valence-electron chi connectivity index (χ1n) is 13.5. The molecule has 10 nitrogen and oxygen atoms in total. The first-order valence-corrected chi connectivity index (χ1v) is 13.5. The van der Waals surface area contributed by atoms with E-state index in [1.54, 1.807) is 50.4 Å². The molecule has 0 radical (unpaired) electrons. The molecule has 0 aliphatic carbocycles. The third-order valence-electron chi connectivity index (χ3n) is 6.21. The number of halogens is 1. The van der Waals surface area contributed by atoms with Crippen LogP contribution in [0, 0.1) is 5.82 Å². The van der Waals surface area contributed by atoms with Gasteiger partial charge in [-0.15, -0.1) is 0 Å². The number of nitrogens with zero attached hydrogens (tertiary/aromatic N) is 2. The van der Waals surface area contributed by atoms with Crippen molar-refractivity contribution in [3.05, 3.63) is 88.0 Å². The molecule has 11 heteroatoms. The van der Waals surface area contributed by atoms with E-state index in [2.05, 4.69) is 15.6 Å². The van der Waals surface area contributed by atoms with E-state index in [0.717, 1.165) is 0 Å². The van der Waals surface area contributed by atoms with Gasteiger partial charge in [0.2, 0.25) is 5.75 Å². The zero-order chi connectivity index (χ0) is 30.2. The van der Waals surface area contributed by atoms with Gasteiger partial charge in [0.25, 0.3) is 11.5 Å². The lowest BCUT2D eigenvalue weighted by Crippen LogP contribution is -2.23. The third-order valence-corrected chi connectivity index (χ3v) is 6.21. The molecule has 1 amide bonds. The molecule has 2 N–H and O–H groups in total. The van der Waals surface area contributed by atoms with E-state index in [-0.39, 0.29) is 16.8 Å². The van der Waals surface area contributed by atoms with Gasteiger partial charge in [-0.2, -0.15) is 5.10 Å². The van der Waals surface area contributed by atoms with Crippen LogP contribution in [0.5, 0.6) is 23.0 Å². The minimum Gasteiger partial charge on any atom is -0.497 e. The molecule has 0 bridgehead atoms. The van der Waals surface area contributed by atoms with Crippen LogP contribution < -0.4 is 29.9 Å². The van der Waals surface area contributed by atoms with Gasteiger partial charge in [0, 0.05) is 11.1 Å². The van der Waals surface area contributed by atoms with Crippen molar-refractivity contribution in [1.82, 2.24) is 15.2 Å². The Labute approximate surface area is 242 Å². The Hall–Kier alpha value is -5.06. The summed E-state index contributed by atoms with van der Waals surface area (Å²) in [7, 11) is 1.56. The molecule has 4 rings (SSSR count). The minimum atomic E-state index is -0.542. The summed E-state index contributed by atoms with van der Waals surface area (Å²) in [6.07, 6.45) is 0. The predicted octanol–water partition coefficient (Wildman–Crippen LogP) is 5.33. The Kier molecular flexibility index (Phi) is 9.64. The van der Waals surface area contributed by atoms with Gasteiger partial charge in [0.05, 0.1) is 49.6 Å². The Bertz CT molecular complexity index is 1600. The number of hydrogen-bond acceptors (Lipinski definition) is 7. The second kappa shape index (κ2) is 13.5. The molecule has 1 aromatic heterocycles. The van der Waals surface area contributed by atoms with E-state index >= 15 is 0 Å². The number of ether oxygens (including phenoxy) is 4. The molecule has 0 aliphatic rings. The van der Waals surface area contributed by atoms with Crippen molar-refractivity contribution in [2.24, 2.45) is 5.10 Å². The maximum Gasteiger partial charge on any atom is 0.281 e. The highest BCUT2D eigenvalue weighted by molar-refractivity contribution is 6.05. The quantitative estimate of drug-likeness (QED) is 0.174. The fraction of sp³-hybridized carbons (Fsp3) is 0.258. The van der Waals surface area contributed by atoms with Crippen LogP contribution in [0.25, 0.3) is 16.9 Å². The SMILES string of the molecule is CCOc1cc(C(=O)N/N=C(\C)c2c(-c3ccc(OC)cc3)[nH]n(-c3ccc(F)cc3)c2=O)cc(OCC)c1OCC. The lowest BCUT2D eigenvalue weighted by Gasteiger charge is -2.16. The number of benzene rings is 3. The summed E-state index contributed by atoms with van der Waals surface area (Å²) < 4.78 is 37.3. The second-order valence-electron chi connectivity index (χ2n) is 8.95. The molecule has 42 heavy (non-hydrogen) atoms. The van der Waals surface area contributed by atoms with Crippen molar-refractivity contribution in [3.8, 4) is 39.9 Å². The van der Waals surface area contributed by atoms with Gasteiger partial charge in [-0.25, -0.2) is 14.5 Å². The fourth-order valence-corrected chi connectivity index (χ4v) is 4.29. The molecule has 0 spiro atoms. The van der Waals surface area contributed by atoms with Crippen LogP contribution in [0.1, 0.15) is 43.6 Å². The Morgan fingerprint density at radius 2 is 1.52 bits per heavy atom. The van der Waals surface area contributed by atoms with Gasteiger partial charge in [0.15, 0.2) is 11.5 Å². The van der Waals surface area contributed by atoms with Crippen LogP contribution >= 0.6 is 0 Å². The first-order chi connectivity index (χ1) is 20.3. The fourth-order valence-electron chi connectivity index (χ4n) is 4.29. The number of nitrogens with one attached hydrogen (secondary N) is 2. The molecular weight excluding hydrogens is 543 g/mol. The smallest absolute Gasteiger partial charge is 0.281 e. The largest absolute Gasteiger partial charge is 0.497 e. The zero-order valence-corrected chi connectivity index (χ0v) is 24.1. The molecular formula is C31H33FN4O6. The highest BCUT2D eigenvalue weighted by Gasteiger charge is 2.21. The summed E-state index contributed by atoms with van der Waals surface area (Å²) in [5.41, 5.74) is 4.38. The molecule has 0 fully saturated rings. The maximum absolute atomic E-state index is 13.6. The number of hydrogen-bond donors (Lipinski definition) is 2. The summed E-state index contributed by atoms with van der Waals surface area (Å²) in [6.45, 7) is 8.21. The second-order valence-corrected chi connectivity index (χ2v) is 8.95. The summed E-state index contributed by atoms with van der Waals surface area (Å²) in [4.78, 5) is 26.9. The molecule has 0 saturated heterocycles. The van der Waals surface area contributed by atoms with Crippen molar-refractivity contribution < 1.29 is 28.1 Å². The lowest BCUT2D eigenvalue weighted by molar-refractivity contribution is 0.0953. The molecule has 0 saturated carbocycles. The summed E-state index contributed by atoms with van der Waals surface area (Å²) in [6, 6.07) is 15.7. The Morgan fingerprint density at radius 1 is 0.929 bits per heavy atom. The number of amides is 1. The van der Waals surface area contributed by atoms with E-state index < -0.39 is 17.3 Å². The normalized spacial score (nSPS) is 11.2. The van der Waals surface area contributed by atoms with E-state index in [0.29, 0.717) is 59.8 Å². The van der Waals surface area contributed by atoms with Crippen molar-refractivity contribution in [3.63, 3.8) is 0 Å². The van der Waals surface area contributed by atoms with Crippen molar-refractivity contribution >= 4 is 11.6 Å². The van der Waals surface area contributed by atoms with E-state index in [4.69, 9.17) is 18.9 Å². The summed E-state index contributed by atoms with van der Waals surface area (Å²) >= 11 is 0. The Morgan fingerprint density at radius 3 is 2.07 bits per heavy atom. The van der Waals surface area contributed by atoms with E-state index in [9.17, 15) is 14.0 Å². The monoisotopic (exact) mass is 576 g/mol. The predicted molar refractivity (Wildman–Crippen MR) is 158 cm³/mol. The summed E-state index contributed by atoms with van der Waals surface area (Å²) in [5.74, 6) is 0.821. The van der Waals surface area contributed by atoms with Crippen LogP contribution in [0.2, 0.25) is 0 Å². The first kappa shape index (κ1) is 29.9. The Balaban J connectivity index is 1.74. The molecule has 1 heterocycles. The average Bonchev–Trinajstić information content (AvgIpc) is 3.34. The maximum atomic E-state index is 13.6. The highest BCUT2D eigenvalue weighted by atomic mass is 19.1. The van der Waals surface area contributed by atoms with Gasteiger partial charge >= 0.3 is 0 Å². The van der Waals surface area contributed by atoms with Gasteiger partial charge in [-0.05, 0) is 88.4 Å². The number of hydrazone groups is 1. The van der Waals surface area contributed by atoms with Gasteiger partial charge in [0.1, 0.15) is 11.6 Å². The molecule has 0 aliphatic heterocycles. The summed E-state index contributed by atoms with van der Waals surface area (Å²) in [5, 5.41) is 7.37. The molecule has 0 atom stereocenters. The number of rotatable bonds is 12. The van der Waals surface area contributed by atoms with Gasteiger partial charge in [-0.1, -0.05) is 0 Å². The standard InChI is InChI=1S/C31H33FN4O6/c1-6-40-25-17-21(18-26(41-7-2)29(25)42-8-3)30(37)34-33-19(4)27-28(20-9-15-24(39-5)16-10-20)35-36(31(27)38)23-13-11-22(32)12-14-23/h9-18,35H,6-8H2,1-5H3,(H,34,37)/b33-19+. The lowest BCUT2D eigenvalue weighted by atomic mass is 10.1. The molecule has 4 aromatic rings. The van der Waals surface area contributed by atoms with Crippen LogP contribution in [-0.4, -0.2) is 48.3 Å². The van der Waals surface area contributed by atoms with Crippen LogP contribution in [-0.2, 0) is 0 Å². The number of aromatic nitrogens is 2. The topological polar surface area (TPSA) is 116 Å². The third kappa shape index (κ3) is 6.46. The van der Waals surface area contributed by atoms with Crippen LogP contribution in [0.15, 0.2) is 70.6 Å². The molecule has 0 unspecified atom stereocenters. The average molecular weight is 577 g/mol.